The largest absolute Gasteiger partial charge is 0.491 e. The van der Waals surface area contributed by atoms with Crippen LogP contribution in [0.4, 0.5) is 0 Å². The van der Waals surface area contributed by atoms with Gasteiger partial charge in [-0.3, -0.25) is 0 Å². The predicted octanol–water partition coefficient (Wildman–Crippen LogP) is 4.12. The van der Waals surface area contributed by atoms with Crippen molar-refractivity contribution in [3.63, 3.8) is 0 Å². The third-order valence-corrected chi connectivity index (χ3v) is 5.31. The SMILES string of the molecule is Cc1ccc2ccccc2c1C=C(CN)B1OC(C)(C)C(C)(C)O1. The molecule has 0 amide bonds. The van der Waals surface area contributed by atoms with Crippen LogP contribution in [0.5, 0.6) is 0 Å². The van der Waals surface area contributed by atoms with Gasteiger partial charge in [-0.1, -0.05) is 42.5 Å². The van der Waals surface area contributed by atoms with Crippen LogP contribution in [0.1, 0.15) is 38.8 Å². The van der Waals surface area contributed by atoms with Crippen LogP contribution in [-0.2, 0) is 9.31 Å². The zero-order chi connectivity index (χ0) is 17.5. The van der Waals surface area contributed by atoms with E-state index in [9.17, 15) is 0 Å². The Morgan fingerprint density at radius 1 is 1.04 bits per heavy atom. The van der Waals surface area contributed by atoms with Crippen molar-refractivity contribution in [3.05, 3.63) is 53.0 Å². The lowest BCUT2D eigenvalue weighted by atomic mass is 9.76. The van der Waals surface area contributed by atoms with Crippen LogP contribution in [0.25, 0.3) is 16.8 Å². The molecule has 2 N–H and O–H groups in total. The van der Waals surface area contributed by atoms with E-state index in [1.165, 1.54) is 21.9 Å². The molecule has 0 radical (unpaired) electrons. The average Bonchev–Trinajstić information content (AvgIpc) is 2.74. The summed E-state index contributed by atoms with van der Waals surface area (Å²) in [7, 11) is -0.404. The predicted molar refractivity (Wildman–Crippen MR) is 102 cm³/mol. The Labute approximate surface area is 145 Å². The quantitative estimate of drug-likeness (QED) is 0.864. The van der Waals surface area contributed by atoms with Gasteiger partial charge in [0.05, 0.1) is 11.2 Å². The second-order valence-corrected chi connectivity index (χ2v) is 7.53. The Morgan fingerprint density at radius 2 is 1.67 bits per heavy atom. The fourth-order valence-electron chi connectivity index (χ4n) is 3.00. The molecule has 0 unspecified atom stereocenters. The van der Waals surface area contributed by atoms with Gasteiger partial charge in [-0.15, -0.1) is 0 Å². The minimum Gasteiger partial charge on any atom is -0.400 e. The molecule has 126 valence electrons. The van der Waals surface area contributed by atoms with Crippen LogP contribution in [-0.4, -0.2) is 24.9 Å². The van der Waals surface area contributed by atoms with Gasteiger partial charge in [0.2, 0.25) is 0 Å². The highest BCUT2D eigenvalue weighted by Crippen LogP contribution is 2.39. The third-order valence-electron chi connectivity index (χ3n) is 5.31. The average molecular weight is 323 g/mol. The minimum atomic E-state index is -0.404. The normalized spacial score (nSPS) is 19.9. The second kappa shape index (κ2) is 6.03. The molecule has 3 rings (SSSR count). The third kappa shape index (κ3) is 2.90. The van der Waals surface area contributed by atoms with Crippen molar-refractivity contribution in [2.24, 2.45) is 5.73 Å². The summed E-state index contributed by atoms with van der Waals surface area (Å²) in [5.74, 6) is 0. The van der Waals surface area contributed by atoms with E-state index in [-0.39, 0.29) is 11.2 Å². The zero-order valence-electron chi connectivity index (χ0n) is 15.2. The van der Waals surface area contributed by atoms with Gasteiger partial charge in [0.25, 0.3) is 0 Å². The van der Waals surface area contributed by atoms with Crippen molar-refractivity contribution in [3.8, 4) is 0 Å². The first-order valence-electron chi connectivity index (χ1n) is 8.50. The molecule has 1 heterocycles. The van der Waals surface area contributed by atoms with Crippen molar-refractivity contribution in [2.75, 3.05) is 6.54 Å². The summed E-state index contributed by atoms with van der Waals surface area (Å²) in [6, 6.07) is 12.7. The number of fused-ring (bicyclic) bond motifs is 1. The van der Waals surface area contributed by atoms with E-state index in [1.54, 1.807) is 0 Å². The Bertz CT molecular complexity index is 779. The van der Waals surface area contributed by atoms with Crippen LogP contribution in [0.2, 0.25) is 0 Å². The number of aryl methyl sites for hydroxylation is 1. The highest BCUT2D eigenvalue weighted by atomic mass is 16.7. The lowest BCUT2D eigenvalue weighted by molar-refractivity contribution is 0.00578. The molecule has 1 aliphatic rings. The molecule has 0 aromatic heterocycles. The van der Waals surface area contributed by atoms with Crippen LogP contribution >= 0.6 is 0 Å². The summed E-state index contributed by atoms with van der Waals surface area (Å²) in [5, 5.41) is 2.44. The monoisotopic (exact) mass is 323 g/mol. The molecule has 0 aliphatic carbocycles. The highest BCUT2D eigenvalue weighted by molar-refractivity contribution is 6.56. The van der Waals surface area contributed by atoms with E-state index >= 15 is 0 Å². The maximum Gasteiger partial charge on any atom is 0.491 e. The Balaban J connectivity index is 2.06. The summed E-state index contributed by atoms with van der Waals surface area (Å²) in [6.45, 7) is 10.8. The van der Waals surface area contributed by atoms with Crippen LogP contribution < -0.4 is 5.73 Å². The first kappa shape index (κ1) is 17.2. The van der Waals surface area contributed by atoms with E-state index in [4.69, 9.17) is 15.0 Å². The number of rotatable bonds is 3. The van der Waals surface area contributed by atoms with Crippen molar-refractivity contribution in [2.45, 2.75) is 45.8 Å². The molecule has 4 heteroatoms. The van der Waals surface area contributed by atoms with Crippen LogP contribution in [0, 0.1) is 6.92 Å². The van der Waals surface area contributed by atoms with Gasteiger partial charge in [-0.25, -0.2) is 0 Å². The van der Waals surface area contributed by atoms with Gasteiger partial charge >= 0.3 is 7.12 Å². The Kier molecular flexibility index (Phi) is 4.33. The second-order valence-electron chi connectivity index (χ2n) is 7.53. The molecule has 0 bridgehead atoms. The maximum absolute atomic E-state index is 6.17. The number of nitrogens with two attached hydrogens (primary N) is 1. The fraction of sp³-hybridized carbons (Fsp3) is 0.400. The Hall–Kier alpha value is -1.62. The van der Waals surface area contributed by atoms with E-state index in [0.717, 1.165) is 5.47 Å². The van der Waals surface area contributed by atoms with E-state index < -0.39 is 7.12 Å². The van der Waals surface area contributed by atoms with Crippen molar-refractivity contribution in [1.82, 2.24) is 0 Å². The topological polar surface area (TPSA) is 44.5 Å². The Morgan fingerprint density at radius 3 is 2.29 bits per heavy atom. The highest BCUT2D eigenvalue weighted by Gasteiger charge is 2.52. The molecule has 3 nitrogen and oxygen atoms in total. The summed E-state index contributed by atoms with van der Waals surface area (Å²) >= 11 is 0. The van der Waals surface area contributed by atoms with Gasteiger partial charge in [-0.05, 0) is 62.0 Å². The molecule has 0 atom stereocenters. The van der Waals surface area contributed by atoms with Crippen molar-refractivity contribution >= 4 is 24.0 Å². The van der Waals surface area contributed by atoms with E-state index in [2.05, 4.69) is 77.1 Å². The van der Waals surface area contributed by atoms with Gasteiger partial charge < -0.3 is 15.0 Å². The number of hydrogen-bond acceptors (Lipinski definition) is 3. The summed E-state index contributed by atoms with van der Waals surface area (Å²) in [6.07, 6.45) is 2.14. The number of benzene rings is 2. The van der Waals surface area contributed by atoms with Gasteiger partial charge in [-0.2, -0.15) is 0 Å². The summed E-state index contributed by atoms with van der Waals surface area (Å²) in [4.78, 5) is 0. The first-order valence-corrected chi connectivity index (χ1v) is 8.50. The number of hydrogen-bond donors (Lipinski definition) is 1. The lowest BCUT2D eigenvalue weighted by Crippen LogP contribution is -2.41. The van der Waals surface area contributed by atoms with E-state index in [1.807, 2.05) is 0 Å². The van der Waals surface area contributed by atoms with E-state index in [0.29, 0.717) is 6.54 Å². The molecule has 2 aromatic rings. The van der Waals surface area contributed by atoms with Gasteiger partial charge in [0, 0.05) is 6.54 Å². The van der Waals surface area contributed by atoms with Crippen molar-refractivity contribution < 1.29 is 9.31 Å². The standard InChI is InChI=1S/C20H26BNO2/c1-14-10-11-15-8-6-7-9-17(15)18(14)12-16(13-22)21-23-19(2,3)20(4,5)24-21/h6-12H,13,22H2,1-5H3. The van der Waals surface area contributed by atoms with Crippen LogP contribution in [0.15, 0.2) is 41.9 Å². The smallest absolute Gasteiger partial charge is 0.400 e. The first-order chi connectivity index (χ1) is 11.2. The van der Waals surface area contributed by atoms with Gasteiger partial charge in [0.15, 0.2) is 0 Å². The van der Waals surface area contributed by atoms with Crippen LogP contribution in [0.3, 0.4) is 0 Å². The molecular formula is C20H26BNO2. The molecule has 1 aliphatic heterocycles. The summed E-state index contributed by atoms with van der Waals surface area (Å²) < 4.78 is 12.3. The minimum absolute atomic E-state index is 0.361. The van der Waals surface area contributed by atoms with Gasteiger partial charge in [0.1, 0.15) is 0 Å². The molecule has 24 heavy (non-hydrogen) atoms. The summed E-state index contributed by atoms with van der Waals surface area (Å²) in [5.41, 5.74) is 8.69. The van der Waals surface area contributed by atoms with Crippen molar-refractivity contribution in [1.29, 1.82) is 0 Å². The zero-order valence-corrected chi connectivity index (χ0v) is 15.2. The molecular weight excluding hydrogens is 297 g/mol. The fourth-order valence-corrected chi connectivity index (χ4v) is 3.00. The lowest BCUT2D eigenvalue weighted by Gasteiger charge is -2.32. The molecule has 1 fully saturated rings. The molecule has 1 saturated heterocycles. The maximum atomic E-state index is 6.17. The molecule has 0 saturated carbocycles. The molecule has 2 aromatic carbocycles. The molecule has 0 spiro atoms.